The smallest absolute Gasteiger partial charge is 0.373 e. The van der Waals surface area contributed by atoms with Gasteiger partial charge in [0.25, 0.3) is 5.91 Å². The number of pyridine rings is 1. The van der Waals surface area contributed by atoms with Crippen molar-refractivity contribution < 1.29 is 28.6 Å². The van der Waals surface area contributed by atoms with Crippen molar-refractivity contribution in [2.75, 3.05) is 26.1 Å². The minimum absolute atomic E-state index is 0.225. The van der Waals surface area contributed by atoms with E-state index in [-0.39, 0.29) is 18.7 Å². The normalized spacial score (nSPS) is 10.6. The number of nitrogens with zero attached hydrogens (tertiary/aromatic N) is 1. The van der Waals surface area contributed by atoms with Gasteiger partial charge in [-0.25, -0.2) is 0 Å². The van der Waals surface area contributed by atoms with Crippen LogP contribution in [0.15, 0.2) is 42.5 Å². The van der Waals surface area contributed by atoms with Gasteiger partial charge in [0, 0.05) is 16.9 Å². The monoisotopic (exact) mass is 495 g/mol. The summed E-state index contributed by atoms with van der Waals surface area (Å²) in [6.07, 6.45) is 2.25. The molecule has 0 bridgehead atoms. The minimum atomic E-state index is -0.643. The van der Waals surface area contributed by atoms with E-state index < -0.39 is 5.54 Å². The lowest BCUT2D eigenvalue weighted by atomic mass is 10.1. The molecule has 0 aliphatic rings. The van der Waals surface area contributed by atoms with Crippen LogP contribution in [0, 0.1) is 6.92 Å². The number of hydrogen-bond acceptors (Lipinski definition) is 8. The Labute approximate surface area is 210 Å². The highest BCUT2D eigenvalue weighted by Gasteiger charge is 2.24. The second-order valence-electron chi connectivity index (χ2n) is 8.78. The zero-order chi connectivity index (χ0) is 26.7. The average Bonchev–Trinajstić information content (AvgIpc) is 2.83. The van der Waals surface area contributed by atoms with Crippen LogP contribution in [-0.4, -0.2) is 42.9 Å². The maximum atomic E-state index is 12.9. The van der Waals surface area contributed by atoms with E-state index in [0.717, 1.165) is 29.4 Å². The number of aromatic nitrogens is 1. The lowest BCUT2D eigenvalue weighted by molar-refractivity contribution is -0.191. The molecule has 0 spiro atoms. The fourth-order valence-electron chi connectivity index (χ4n) is 3.47. The lowest BCUT2D eigenvalue weighted by Gasteiger charge is -2.27. The molecule has 0 aliphatic heterocycles. The van der Waals surface area contributed by atoms with Gasteiger partial charge in [-0.3, -0.25) is 9.78 Å². The molecule has 0 aliphatic carbocycles. The predicted octanol–water partition coefficient (Wildman–Crippen LogP) is 4.32. The quantitative estimate of drug-likeness (QED) is 0.398. The molecule has 3 aromatic rings. The third kappa shape index (κ3) is 7.71. The molecule has 2 aromatic carbocycles. The molecule has 0 fully saturated rings. The molecule has 3 N–H and O–H groups in total. The molecule has 192 valence electrons. The SMILES string of the molecule is CCCCOc1ccc(C(=O)NC(C)(C)COc2cccc3nc(C)cc(N)c23)cc1OC.O=C=O. The van der Waals surface area contributed by atoms with Crippen LogP contribution in [0.3, 0.4) is 0 Å². The Bertz CT molecular complexity index is 1220. The molecule has 36 heavy (non-hydrogen) atoms. The van der Waals surface area contributed by atoms with E-state index in [0.29, 0.717) is 35.1 Å². The standard InChI is InChI=1S/C26H33N3O4.CO2/c1-6-7-13-32-21-12-11-18(15-23(21)31-5)25(30)29-26(3,4)16-33-22-10-8-9-20-24(22)19(27)14-17(2)28-20;2-1-3/h8-12,14-15H,6-7,13,16H2,1-5H3,(H2,27,28)(H,29,30);. The van der Waals surface area contributed by atoms with Crippen LogP contribution in [0.1, 0.15) is 49.7 Å². The number of nitrogen functional groups attached to an aromatic ring is 1. The zero-order valence-electron chi connectivity index (χ0n) is 21.3. The Hall–Kier alpha value is -4.10. The van der Waals surface area contributed by atoms with Crippen molar-refractivity contribution in [2.45, 2.75) is 46.1 Å². The van der Waals surface area contributed by atoms with E-state index in [4.69, 9.17) is 29.5 Å². The fourth-order valence-corrected chi connectivity index (χ4v) is 3.47. The number of carbonyl (C=O) groups is 1. The molecule has 1 amide bonds. The topological polar surface area (TPSA) is 130 Å². The van der Waals surface area contributed by atoms with Crippen molar-refractivity contribution in [3.05, 3.63) is 53.7 Å². The van der Waals surface area contributed by atoms with Gasteiger partial charge < -0.3 is 25.3 Å². The first kappa shape index (κ1) is 28.1. The van der Waals surface area contributed by atoms with E-state index in [9.17, 15) is 4.79 Å². The molecule has 9 heteroatoms. The molecule has 1 aromatic heterocycles. The van der Waals surface area contributed by atoms with E-state index in [1.807, 2.05) is 45.0 Å². The maximum Gasteiger partial charge on any atom is 0.373 e. The third-order valence-electron chi connectivity index (χ3n) is 5.18. The van der Waals surface area contributed by atoms with Crippen LogP contribution in [0.25, 0.3) is 10.9 Å². The number of methoxy groups -OCH3 is 1. The third-order valence-corrected chi connectivity index (χ3v) is 5.18. The van der Waals surface area contributed by atoms with E-state index >= 15 is 0 Å². The van der Waals surface area contributed by atoms with Gasteiger partial charge in [-0.1, -0.05) is 19.4 Å². The number of benzene rings is 2. The Morgan fingerprint density at radius 1 is 1.08 bits per heavy atom. The van der Waals surface area contributed by atoms with Crippen LogP contribution in [0.2, 0.25) is 0 Å². The first-order chi connectivity index (χ1) is 17.1. The van der Waals surface area contributed by atoms with Crippen molar-refractivity contribution >= 4 is 28.6 Å². The number of carbonyl (C=O) groups excluding carboxylic acids is 3. The van der Waals surface area contributed by atoms with Gasteiger partial charge in [0.2, 0.25) is 0 Å². The van der Waals surface area contributed by atoms with Crippen LogP contribution < -0.4 is 25.3 Å². The van der Waals surface area contributed by atoms with Crippen molar-refractivity contribution in [1.29, 1.82) is 0 Å². The number of anilines is 1. The number of ether oxygens (including phenoxy) is 3. The van der Waals surface area contributed by atoms with Crippen molar-refractivity contribution in [1.82, 2.24) is 10.3 Å². The Balaban J connectivity index is 0.00000145. The summed E-state index contributed by atoms with van der Waals surface area (Å²) in [6, 6.07) is 12.6. The van der Waals surface area contributed by atoms with Gasteiger partial charge in [0.1, 0.15) is 12.4 Å². The van der Waals surface area contributed by atoms with E-state index in [1.165, 1.54) is 0 Å². The predicted molar refractivity (Wildman–Crippen MR) is 136 cm³/mol. The van der Waals surface area contributed by atoms with Gasteiger partial charge in [-0.15, -0.1) is 0 Å². The highest BCUT2D eigenvalue weighted by molar-refractivity contribution is 5.96. The van der Waals surface area contributed by atoms with Gasteiger partial charge in [0.15, 0.2) is 11.5 Å². The Morgan fingerprint density at radius 2 is 1.81 bits per heavy atom. The van der Waals surface area contributed by atoms with Crippen molar-refractivity contribution in [3.63, 3.8) is 0 Å². The summed E-state index contributed by atoms with van der Waals surface area (Å²) in [5.74, 6) is 1.57. The number of nitrogens with two attached hydrogens (primary N) is 1. The Kier molecular flexibility index (Phi) is 10.2. The molecule has 0 saturated heterocycles. The molecule has 9 nitrogen and oxygen atoms in total. The van der Waals surface area contributed by atoms with E-state index in [1.54, 1.807) is 25.3 Å². The average molecular weight is 496 g/mol. The summed E-state index contributed by atoms with van der Waals surface area (Å²) in [6.45, 7) is 8.67. The molecule has 3 rings (SSSR count). The highest BCUT2D eigenvalue weighted by atomic mass is 16.5. The first-order valence-corrected chi connectivity index (χ1v) is 11.6. The van der Waals surface area contributed by atoms with Crippen molar-refractivity contribution in [2.24, 2.45) is 0 Å². The van der Waals surface area contributed by atoms with E-state index in [2.05, 4.69) is 17.2 Å². The number of hydrogen-bond donors (Lipinski definition) is 2. The number of fused-ring (bicyclic) bond motifs is 1. The summed E-state index contributed by atoms with van der Waals surface area (Å²) in [4.78, 5) is 33.7. The van der Waals surface area contributed by atoms with Gasteiger partial charge >= 0.3 is 6.15 Å². The minimum Gasteiger partial charge on any atom is -0.493 e. The second-order valence-corrected chi connectivity index (χ2v) is 8.78. The summed E-state index contributed by atoms with van der Waals surface area (Å²) in [7, 11) is 1.56. The molecule has 0 atom stereocenters. The molecular weight excluding hydrogens is 462 g/mol. The summed E-state index contributed by atoms with van der Waals surface area (Å²) >= 11 is 0. The summed E-state index contributed by atoms with van der Waals surface area (Å²) < 4.78 is 17.2. The maximum absolute atomic E-state index is 12.9. The molecular formula is C27H33N3O6. The number of amides is 1. The lowest BCUT2D eigenvalue weighted by Crippen LogP contribution is -2.47. The molecule has 0 unspecified atom stereocenters. The van der Waals surface area contributed by atoms with Crippen molar-refractivity contribution in [3.8, 4) is 17.2 Å². The van der Waals surface area contributed by atoms with Crippen LogP contribution in [0.5, 0.6) is 17.2 Å². The fraction of sp³-hybridized carbons (Fsp3) is 0.370. The molecule has 0 radical (unpaired) electrons. The van der Waals surface area contributed by atoms with Crippen LogP contribution in [-0.2, 0) is 9.59 Å². The second kappa shape index (κ2) is 13.1. The van der Waals surface area contributed by atoms with Gasteiger partial charge in [-0.2, -0.15) is 9.59 Å². The highest BCUT2D eigenvalue weighted by Crippen LogP contribution is 2.31. The molecule has 0 saturated carbocycles. The number of rotatable bonds is 10. The zero-order valence-corrected chi connectivity index (χ0v) is 21.3. The number of nitrogens with one attached hydrogen (secondary N) is 1. The largest absolute Gasteiger partial charge is 0.493 e. The number of unbranched alkanes of at least 4 members (excludes halogenated alkanes) is 1. The van der Waals surface area contributed by atoms with Gasteiger partial charge in [0.05, 0.1) is 30.2 Å². The first-order valence-electron chi connectivity index (χ1n) is 11.6. The summed E-state index contributed by atoms with van der Waals surface area (Å²) in [5, 5.41) is 3.80. The van der Waals surface area contributed by atoms with Crippen LogP contribution >= 0.6 is 0 Å². The van der Waals surface area contributed by atoms with Gasteiger partial charge in [-0.05, 0) is 63.6 Å². The summed E-state index contributed by atoms with van der Waals surface area (Å²) in [5.41, 5.74) is 8.30. The number of aryl methyl sites for hydroxylation is 1. The molecule has 1 heterocycles. The van der Waals surface area contributed by atoms with Crippen LogP contribution in [0.4, 0.5) is 5.69 Å². The Morgan fingerprint density at radius 3 is 2.47 bits per heavy atom.